The molecule has 3 aromatic carbocycles. The second kappa shape index (κ2) is 9.35. The van der Waals surface area contributed by atoms with Crippen LogP contribution in [0.3, 0.4) is 0 Å². The van der Waals surface area contributed by atoms with Gasteiger partial charge >= 0.3 is 0 Å². The number of alkyl halides is 1. The lowest BCUT2D eigenvalue weighted by atomic mass is 9.73. The lowest BCUT2D eigenvalue weighted by Gasteiger charge is -2.31. The van der Waals surface area contributed by atoms with Gasteiger partial charge in [0.05, 0.1) is 23.9 Å². The largest absolute Gasteiger partial charge is 0.345 e. The molecule has 0 bridgehead atoms. The number of fused-ring (bicyclic) bond motifs is 1. The van der Waals surface area contributed by atoms with E-state index in [0.29, 0.717) is 11.5 Å². The number of rotatable bonds is 6. The van der Waals surface area contributed by atoms with Gasteiger partial charge < -0.3 is 10.4 Å². The number of aromatic amines is 1. The zero-order chi connectivity index (χ0) is 23.6. The molecule has 0 radical (unpaired) electrons. The molecule has 2 heterocycles. The van der Waals surface area contributed by atoms with Gasteiger partial charge in [0.15, 0.2) is 6.30 Å². The molecule has 0 spiro atoms. The molecule has 6 rings (SSSR count). The predicted octanol–water partition coefficient (Wildman–Crippen LogP) is 7.24. The van der Waals surface area contributed by atoms with Crippen molar-refractivity contribution in [1.29, 1.82) is 0 Å². The Morgan fingerprint density at radius 1 is 0.886 bits per heavy atom. The number of H-pyrrole nitrogens is 1. The highest BCUT2D eigenvalue weighted by Crippen LogP contribution is 2.46. The molecule has 1 aliphatic heterocycles. The van der Waals surface area contributed by atoms with Crippen molar-refractivity contribution < 1.29 is 4.39 Å². The number of nitrogens with one attached hydrogen (secondary N) is 3. The number of halogens is 1. The van der Waals surface area contributed by atoms with E-state index in [1.54, 1.807) is 12.5 Å². The molecule has 4 nitrogen and oxygen atoms in total. The SMILES string of the molecule is FC1NNc2ccc(/C(=C(/c3ccccc3)C3CCC3)c3ccc(/C=C/c4cnc[nH]4)cc3)cc21. The number of aromatic nitrogens is 2. The van der Waals surface area contributed by atoms with Gasteiger partial charge in [0, 0.05) is 5.56 Å². The Hall–Kier alpha value is -3.96. The first-order valence-corrected chi connectivity index (χ1v) is 12.1. The van der Waals surface area contributed by atoms with Crippen LogP contribution >= 0.6 is 0 Å². The molecule has 0 saturated heterocycles. The first-order valence-electron chi connectivity index (χ1n) is 12.1. The van der Waals surface area contributed by atoms with Crippen molar-refractivity contribution in [2.45, 2.75) is 25.6 Å². The highest BCUT2D eigenvalue weighted by atomic mass is 19.1. The number of hydrazine groups is 1. The summed E-state index contributed by atoms with van der Waals surface area (Å²) in [7, 11) is 0. The van der Waals surface area contributed by atoms with Gasteiger partial charge in [0.2, 0.25) is 0 Å². The summed E-state index contributed by atoms with van der Waals surface area (Å²) in [6, 6.07) is 25.4. The first kappa shape index (κ1) is 21.6. The van der Waals surface area contributed by atoms with E-state index in [9.17, 15) is 4.39 Å². The molecule has 1 unspecified atom stereocenters. The van der Waals surface area contributed by atoms with E-state index in [-0.39, 0.29) is 0 Å². The minimum atomic E-state index is -1.22. The van der Waals surface area contributed by atoms with E-state index in [0.717, 1.165) is 28.1 Å². The van der Waals surface area contributed by atoms with Crippen molar-refractivity contribution in [3.05, 3.63) is 119 Å². The summed E-state index contributed by atoms with van der Waals surface area (Å²) in [5.41, 5.74) is 15.1. The maximum atomic E-state index is 14.6. The van der Waals surface area contributed by atoms with Gasteiger partial charge in [0.1, 0.15) is 0 Å². The predicted molar refractivity (Wildman–Crippen MR) is 141 cm³/mol. The van der Waals surface area contributed by atoms with Gasteiger partial charge in [0.25, 0.3) is 0 Å². The molecular formula is C30H27FN4. The number of hydrogen-bond donors (Lipinski definition) is 3. The van der Waals surface area contributed by atoms with E-state index in [1.165, 1.54) is 36.0 Å². The minimum Gasteiger partial charge on any atom is -0.345 e. The van der Waals surface area contributed by atoms with Crippen LogP contribution in [0, 0.1) is 5.92 Å². The van der Waals surface area contributed by atoms with E-state index in [1.807, 2.05) is 18.2 Å². The van der Waals surface area contributed by atoms with Gasteiger partial charge in [-0.15, -0.1) is 0 Å². The summed E-state index contributed by atoms with van der Waals surface area (Å²) in [5, 5.41) is 0. The van der Waals surface area contributed by atoms with Crippen molar-refractivity contribution in [2.24, 2.45) is 5.92 Å². The lowest BCUT2D eigenvalue weighted by Crippen LogP contribution is -2.15. The molecule has 1 fully saturated rings. The number of anilines is 1. The Balaban J connectivity index is 1.49. The van der Waals surface area contributed by atoms with Crippen molar-refractivity contribution >= 4 is 29.0 Å². The number of imidazole rings is 1. The maximum absolute atomic E-state index is 14.6. The number of nitrogens with zero attached hydrogens (tertiary/aromatic N) is 1. The average molecular weight is 463 g/mol. The Bertz CT molecular complexity index is 1370. The molecular weight excluding hydrogens is 435 g/mol. The van der Waals surface area contributed by atoms with Gasteiger partial charge in [-0.05, 0) is 70.4 Å². The zero-order valence-corrected chi connectivity index (χ0v) is 19.3. The topological polar surface area (TPSA) is 52.7 Å². The first-order chi connectivity index (χ1) is 17.3. The van der Waals surface area contributed by atoms with Crippen LogP contribution in [0.5, 0.6) is 0 Å². The molecule has 1 aromatic heterocycles. The van der Waals surface area contributed by atoms with Gasteiger partial charge in [-0.1, -0.05) is 73.2 Å². The van der Waals surface area contributed by atoms with Gasteiger partial charge in [-0.3, -0.25) is 0 Å². The van der Waals surface area contributed by atoms with E-state index >= 15 is 0 Å². The number of benzene rings is 3. The highest BCUT2D eigenvalue weighted by Gasteiger charge is 2.28. The van der Waals surface area contributed by atoms with E-state index in [2.05, 4.69) is 87.6 Å². The molecule has 2 aliphatic rings. The summed E-state index contributed by atoms with van der Waals surface area (Å²) < 4.78 is 14.6. The molecule has 4 aromatic rings. The molecule has 174 valence electrons. The minimum absolute atomic E-state index is 0.498. The van der Waals surface area contributed by atoms with Crippen LogP contribution in [0.2, 0.25) is 0 Å². The Morgan fingerprint density at radius 2 is 1.69 bits per heavy atom. The average Bonchev–Trinajstić information content (AvgIpc) is 3.52. The number of allylic oxidation sites excluding steroid dienone is 1. The molecule has 1 aliphatic carbocycles. The van der Waals surface area contributed by atoms with E-state index in [4.69, 9.17) is 0 Å². The summed E-state index contributed by atoms with van der Waals surface area (Å²) in [6.07, 6.45) is 9.95. The molecule has 3 N–H and O–H groups in total. The summed E-state index contributed by atoms with van der Waals surface area (Å²) in [6.45, 7) is 0. The molecule has 1 atom stereocenters. The molecule has 5 heteroatoms. The third-order valence-corrected chi connectivity index (χ3v) is 6.99. The monoisotopic (exact) mass is 462 g/mol. The van der Waals surface area contributed by atoms with Gasteiger partial charge in [-0.2, -0.15) is 0 Å². The molecule has 0 amide bonds. The second-order valence-electron chi connectivity index (χ2n) is 9.18. The smallest absolute Gasteiger partial charge is 0.195 e. The lowest BCUT2D eigenvalue weighted by molar-refractivity contribution is 0.314. The highest BCUT2D eigenvalue weighted by molar-refractivity contribution is 6.00. The maximum Gasteiger partial charge on any atom is 0.195 e. The van der Waals surface area contributed by atoms with E-state index < -0.39 is 6.30 Å². The Labute approximate surface area is 204 Å². The summed E-state index contributed by atoms with van der Waals surface area (Å²) in [5.74, 6) is 0.498. The van der Waals surface area contributed by atoms with Crippen LogP contribution < -0.4 is 10.9 Å². The van der Waals surface area contributed by atoms with Crippen molar-refractivity contribution in [3.63, 3.8) is 0 Å². The Morgan fingerprint density at radius 3 is 2.40 bits per heavy atom. The van der Waals surface area contributed by atoms with Crippen LogP contribution in [-0.2, 0) is 0 Å². The van der Waals surface area contributed by atoms with Crippen molar-refractivity contribution in [2.75, 3.05) is 5.43 Å². The van der Waals surface area contributed by atoms with Crippen molar-refractivity contribution in [3.8, 4) is 0 Å². The second-order valence-corrected chi connectivity index (χ2v) is 9.18. The third-order valence-electron chi connectivity index (χ3n) is 6.99. The summed E-state index contributed by atoms with van der Waals surface area (Å²) >= 11 is 0. The van der Waals surface area contributed by atoms with Crippen LogP contribution in [-0.4, -0.2) is 9.97 Å². The normalized spacial score (nSPS) is 18.1. The fourth-order valence-corrected chi connectivity index (χ4v) is 4.94. The molecule has 1 saturated carbocycles. The molecule has 35 heavy (non-hydrogen) atoms. The van der Waals surface area contributed by atoms with Crippen LogP contribution in [0.15, 0.2) is 85.3 Å². The van der Waals surface area contributed by atoms with Gasteiger partial charge in [-0.25, -0.2) is 14.8 Å². The number of hydrogen-bond acceptors (Lipinski definition) is 3. The van der Waals surface area contributed by atoms with Crippen LogP contribution in [0.1, 0.15) is 59.1 Å². The van der Waals surface area contributed by atoms with Crippen molar-refractivity contribution in [1.82, 2.24) is 15.4 Å². The van der Waals surface area contributed by atoms with Crippen LogP contribution in [0.4, 0.5) is 10.1 Å². The standard InChI is InChI=1S/C30H27FN4/c31-30-26-17-24(14-16-27(26)34-35-30)29(28(22-7-4-8-22)21-5-2-1-3-6-21)23-12-9-20(10-13-23)11-15-25-18-32-19-33-25/h1-3,5-6,9-19,22,30,34-35H,4,7-8H2,(H,32,33)/b15-11+,29-28-. The fourth-order valence-electron chi connectivity index (χ4n) is 4.94. The summed E-state index contributed by atoms with van der Waals surface area (Å²) in [4.78, 5) is 7.16. The van der Waals surface area contributed by atoms with Crippen LogP contribution in [0.25, 0.3) is 23.3 Å². The Kier molecular flexibility index (Phi) is 5.76. The fraction of sp³-hybridized carbons (Fsp3) is 0.167. The zero-order valence-electron chi connectivity index (χ0n) is 19.3. The quantitative estimate of drug-likeness (QED) is 0.209. The third kappa shape index (κ3) is 4.31.